The van der Waals surface area contributed by atoms with E-state index < -0.39 is 0 Å². The molecule has 0 aliphatic heterocycles. The predicted molar refractivity (Wildman–Crippen MR) is 188 cm³/mol. The van der Waals surface area contributed by atoms with E-state index in [9.17, 15) is 0 Å². The van der Waals surface area contributed by atoms with Gasteiger partial charge < -0.3 is 9.32 Å². The van der Waals surface area contributed by atoms with E-state index in [4.69, 9.17) is 9.40 Å². The van der Waals surface area contributed by atoms with Gasteiger partial charge in [0, 0.05) is 33.6 Å². The number of hydrogen-bond donors (Lipinski definition) is 0. The Hall–Kier alpha value is -5.87. The Balaban J connectivity index is 1.22. The zero-order chi connectivity index (χ0) is 30.8. The minimum absolute atomic E-state index is 0.104. The first kappa shape index (κ1) is 26.5. The van der Waals surface area contributed by atoms with Crippen LogP contribution in [-0.2, 0) is 5.41 Å². The van der Waals surface area contributed by atoms with Gasteiger partial charge in [-0.2, -0.15) is 4.98 Å². The van der Waals surface area contributed by atoms with Gasteiger partial charge in [-0.25, -0.2) is 0 Å². The molecule has 0 spiro atoms. The standard InChI is InChI=1S/C42H31N3O/c1-42(2)35-18-10-9-17-33(35)34-26-23-29(27-36(34)42)39-40(45-37-19-11-12-20-38(37)46-41(45)43-39)28-21-24-32(25-22-28)44(30-13-5-3-6-14-30)31-15-7-4-8-16-31/h3-27H,1-2H3. The summed E-state index contributed by atoms with van der Waals surface area (Å²) in [7, 11) is 0. The van der Waals surface area contributed by atoms with Crippen LogP contribution in [0.15, 0.2) is 156 Å². The minimum atomic E-state index is -0.104. The summed E-state index contributed by atoms with van der Waals surface area (Å²) in [5.74, 6) is 0.591. The van der Waals surface area contributed by atoms with Gasteiger partial charge in [-0.15, -0.1) is 0 Å². The lowest BCUT2D eigenvalue weighted by molar-refractivity contribution is 0.642. The number of fused-ring (bicyclic) bond motifs is 6. The summed E-state index contributed by atoms with van der Waals surface area (Å²) >= 11 is 0. The molecule has 1 aliphatic rings. The topological polar surface area (TPSA) is 33.7 Å². The lowest BCUT2D eigenvalue weighted by Gasteiger charge is -2.25. The van der Waals surface area contributed by atoms with Crippen LogP contribution in [0.3, 0.4) is 0 Å². The average Bonchev–Trinajstić information content (AvgIpc) is 3.73. The molecule has 46 heavy (non-hydrogen) atoms. The number of nitrogens with zero attached hydrogens (tertiary/aromatic N) is 3. The molecule has 4 heteroatoms. The molecule has 0 bridgehead atoms. The quantitative estimate of drug-likeness (QED) is 0.199. The van der Waals surface area contributed by atoms with E-state index in [1.165, 1.54) is 22.3 Å². The molecular weight excluding hydrogens is 562 g/mol. The maximum absolute atomic E-state index is 6.32. The summed E-state index contributed by atoms with van der Waals surface area (Å²) in [6, 6.07) is 53.5. The zero-order valence-corrected chi connectivity index (χ0v) is 25.7. The molecule has 1 aliphatic carbocycles. The van der Waals surface area contributed by atoms with Gasteiger partial charge in [-0.05, 0) is 76.9 Å². The molecule has 9 rings (SSSR count). The maximum Gasteiger partial charge on any atom is 0.307 e. The lowest BCUT2D eigenvalue weighted by atomic mass is 9.82. The fraction of sp³-hybridized carbons (Fsp3) is 0.0714. The van der Waals surface area contributed by atoms with Crippen molar-refractivity contribution >= 4 is 34.0 Å². The number of rotatable bonds is 5. The number of benzene rings is 6. The molecule has 0 saturated heterocycles. The number of hydrogen-bond acceptors (Lipinski definition) is 3. The highest BCUT2D eigenvalue weighted by molar-refractivity contribution is 5.90. The molecule has 0 atom stereocenters. The van der Waals surface area contributed by atoms with Gasteiger partial charge >= 0.3 is 5.84 Å². The number of para-hydroxylation sites is 4. The van der Waals surface area contributed by atoms with Crippen molar-refractivity contribution < 1.29 is 4.42 Å². The first-order valence-electron chi connectivity index (χ1n) is 15.7. The fourth-order valence-electron chi connectivity index (χ4n) is 7.21. The van der Waals surface area contributed by atoms with Gasteiger partial charge in [0.25, 0.3) is 0 Å². The number of oxazole rings is 1. The summed E-state index contributed by atoms with van der Waals surface area (Å²) in [4.78, 5) is 7.44. The Labute approximate surface area is 267 Å². The second kappa shape index (κ2) is 10.1. The minimum Gasteiger partial charge on any atom is -0.423 e. The number of anilines is 3. The van der Waals surface area contributed by atoms with E-state index in [1.54, 1.807) is 0 Å². The molecular formula is C42H31N3O. The van der Waals surface area contributed by atoms with E-state index in [0.29, 0.717) is 5.84 Å². The van der Waals surface area contributed by atoms with Crippen molar-refractivity contribution in [1.29, 1.82) is 0 Å². The van der Waals surface area contributed by atoms with E-state index in [0.717, 1.165) is 50.7 Å². The highest BCUT2D eigenvalue weighted by Gasteiger charge is 2.35. The van der Waals surface area contributed by atoms with Crippen LogP contribution in [0, 0.1) is 0 Å². The van der Waals surface area contributed by atoms with Crippen LogP contribution in [0.4, 0.5) is 17.1 Å². The third kappa shape index (κ3) is 3.97. The second-order valence-electron chi connectivity index (χ2n) is 12.5. The largest absolute Gasteiger partial charge is 0.423 e. The van der Waals surface area contributed by atoms with Crippen molar-refractivity contribution in [3.8, 4) is 33.6 Å². The van der Waals surface area contributed by atoms with Crippen LogP contribution in [0.1, 0.15) is 25.0 Å². The van der Waals surface area contributed by atoms with Crippen molar-refractivity contribution in [2.24, 2.45) is 0 Å². The first-order valence-corrected chi connectivity index (χ1v) is 15.7. The molecule has 220 valence electrons. The highest BCUT2D eigenvalue weighted by atomic mass is 16.4. The molecule has 4 nitrogen and oxygen atoms in total. The number of imidazole rings is 1. The summed E-state index contributed by atoms with van der Waals surface area (Å²) in [5.41, 5.74) is 14.4. The van der Waals surface area contributed by atoms with E-state index in [1.807, 2.05) is 12.1 Å². The van der Waals surface area contributed by atoms with Gasteiger partial charge in [0.05, 0.1) is 11.2 Å². The Morgan fingerprint density at radius 1 is 0.565 bits per heavy atom. The van der Waals surface area contributed by atoms with Gasteiger partial charge in [0.15, 0.2) is 5.58 Å². The molecule has 0 fully saturated rings. The summed E-state index contributed by atoms with van der Waals surface area (Å²) in [5, 5.41) is 0. The Kier molecular flexibility index (Phi) is 5.81. The highest BCUT2D eigenvalue weighted by Crippen LogP contribution is 2.50. The van der Waals surface area contributed by atoms with Crippen LogP contribution >= 0.6 is 0 Å². The van der Waals surface area contributed by atoms with Crippen LogP contribution in [0.5, 0.6) is 0 Å². The normalized spacial score (nSPS) is 13.2. The molecule has 2 heterocycles. The van der Waals surface area contributed by atoms with Gasteiger partial charge in [-0.3, -0.25) is 4.40 Å². The molecule has 8 aromatic rings. The van der Waals surface area contributed by atoms with E-state index in [-0.39, 0.29) is 5.41 Å². The summed E-state index contributed by atoms with van der Waals surface area (Å²) in [6.45, 7) is 4.64. The molecule has 0 amide bonds. The molecule has 0 N–H and O–H groups in total. The van der Waals surface area contributed by atoms with Crippen molar-refractivity contribution in [3.63, 3.8) is 0 Å². The van der Waals surface area contributed by atoms with Crippen molar-refractivity contribution in [3.05, 3.63) is 163 Å². The smallest absolute Gasteiger partial charge is 0.307 e. The fourth-order valence-corrected chi connectivity index (χ4v) is 7.21. The SMILES string of the molecule is CC1(C)c2ccccc2-c2ccc(-c3nc4oc5ccccc5n4c3-c3ccc(N(c4ccccc4)c4ccccc4)cc3)cc21. The average molecular weight is 594 g/mol. The Morgan fingerprint density at radius 3 is 1.89 bits per heavy atom. The third-order valence-electron chi connectivity index (χ3n) is 9.44. The first-order chi connectivity index (χ1) is 22.6. The Morgan fingerprint density at radius 2 is 1.15 bits per heavy atom. The van der Waals surface area contributed by atoms with Gasteiger partial charge in [-0.1, -0.05) is 111 Å². The summed E-state index contributed by atoms with van der Waals surface area (Å²) < 4.78 is 8.49. The van der Waals surface area contributed by atoms with Crippen molar-refractivity contribution in [2.75, 3.05) is 4.90 Å². The van der Waals surface area contributed by atoms with Crippen LogP contribution in [0.2, 0.25) is 0 Å². The van der Waals surface area contributed by atoms with Crippen LogP contribution in [-0.4, -0.2) is 9.38 Å². The molecule has 0 radical (unpaired) electrons. The van der Waals surface area contributed by atoms with Gasteiger partial charge in [0.1, 0.15) is 5.69 Å². The van der Waals surface area contributed by atoms with E-state index >= 15 is 0 Å². The number of aromatic nitrogens is 2. The summed E-state index contributed by atoms with van der Waals surface area (Å²) in [6.07, 6.45) is 0. The van der Waals surface area contributed by atoms with Crippen molar-refractivity contribution in [1.82, 2.24) is 9.38 Å². The van der Waals surface area contributed by atoms with Gasteiger partial charge in [0.2, 0.25) is 0 Å². The zero-order valence-electron chi connectivity index (χ0n) is 25.7. The van der Waals surface area contributed by atoms with Crippen LogP contribution in [0.25, 0.3) is 50.6 Å². The maximum atomic E-state index is 6.32. The van der Waals surface area contributed by atoms with E-state index in [2.05, 4.69) is 163 Å². The van der Waals surface area contributed by atoms with Crippen LogP contribution < -0.4 is 4.90 Å². The monoisotopic (exact) mass is 593 g/mol. The molecule has 6 aromatic carbocycles. The lowest BCUT2D eigenvalue weighted by Crippen LogP contribution is -2.14. The van der Waals surface area contributed by atoms with Crippen molar-refractivity contribution in [2.45, 2.75) is 19.3 Å². The Bertz CT molecular complexity index is 2340. The molecule has 0 unspecified atom stereocenters. The molecule has 0 saturated carbocycles. The second-order valence-corrected chi connectivity index (χ2v) is 12.5. The molecule has 2 aromatic heterocycles. The third-order valence-corrected chi connectivity index (χ3v) is 9.44. The predicted octanol–water partition coefficient (Wildman–Crippen LogP) is 11.2.